The van der Waals surface area contributed by atoms with Gasteiger partial charge in [0, 0.05) is 28.0 Å². The quantitative estimate of drug-likeness (QED) is 0.680. The van der Waals surface area contributed by atoms with Gasteiger partial charge in [-0.25, -0.2) is 0 Å². The Kier molecular flexibility index (Phi) is 4.59. The van der Waals surface area contributed by atoms with E-state index in [1.807, 2.05) is 48.5 Å². The molecule has 0 aliphatic carbocycles. The first-order valence-electron chi connectivity index (χ1n) is 8.23. The molecule has 5 heteroatoms. The standard InChI is InChI=1S/C20H17NO2S2/c22-17(14-9-5-2-6-10-14)12-15-11-16(13-7-3-1-4-8-13)18-19(24-15)21-20(23)25-18/h1-10,15-16H,11-12H2,(H,21,23)/t15?,16-/m0/s1. The molecule has 2 aromatic carbocycles. The maximum atomic E-state index is 12.6. The van der Waals surface area contributed by atoms with Crippen LogP contribution in [0.1, 0.15) is 39.6 Å². The number of Topliss-reactive ketones (excluding diaryl/α,β-unsaturated/α-hetero) is 1. The molecule has 3 aromatic rings. The van der Waals surface area contributed by atoms with Gasteiger partial charge < -0.3 is 4.98 Å². The number of benzene rings is 2. The van der Waals surface area contributed by atoms with Crippen molar-refractivity contribution in [2.45, 2.75) is 29.0 Å². The molecule has 0 amide bonds. The molecule has 0 saturated carbocycles. The summed E-state index contributed by atoms with van der Waals surface area (Å²) < 4.78 is 0. The van der Waals surface area contributed by atoms with Crippen LogP contribution in [-0.4, -0.2) is 16.0 Å². The summed E-state index contributed by atoms with van der Waals surface area (Å²) in [5.74, 6) is 0.334. The van der Waals surface area contributed by atoms with Crippen molar-refractivity contribution in [1.29, 1.82) is 0 Å². The molecule has 0 spiro atoms. The van der Waals surface area contributed by atoms with E-state index in [2.05, 4.69) is 17.1 Å². The van der Waals surface area contributed by atoms with Crippen molar-refractivity contribution in [2.75, 3.05) is 0 Å². The number of carbonyl (C=O) groups excluding carboxylic acids is 1. The molecule has 1 unspecified atom stereocenters. The Balaban J connectivity index is 1.61. The molecule has 126 valence electrons. The molecule has 4 rings (SSSR count). The molecule has 0 fully saturated rings. The Morgan fingerprint density at radius 2 is 1.72 bits per heavy atom. The summed E-state index contributed by atoms with van der Waals surface area (Å²) in [5, 5.41) is 1.09. The van der Waals surface area contributed by atoms with Gasteiger partial charge >= 0.3 is 4.87 Å². The lowest BCUT2D eigenvalue weighted by molar-refractivity contribution is 0.0981. The highest BCUT2D eigenvalue weighted by molar-refractivity contribution is 8.00. The van der Waals surface area contributed by atoms with E-state index in [0.717, 1.165) is 21.9 Å². The van der Waals surface area contributed by atoms with Gasteiger partial charge in [-0.3, -0.25) is 9.59 Å². The largest absolute Gasteiger partial charge is 0.307 e. The van der Waals surface area contributed by atoms with E-state index in [4.69, 9.17) is 0 Å². The Hall–Kier alpha value is -2.11. The van der Waals surface area contributed by atoms with Crippen LogP contribution in [0.25, 0.3) is 0 Å². The number of fused-ring (bicyclic) bond motifs is 1. The normalized spacial score (nSPS) is 19.4. The molecule has 1 aromatic heterocycles. The van der Waals surface area contributed by atoms with Crippen molar-refractivity contribution < 1.29 is 4.79 Å². The highest BCUT2D eigenvalue weighted by Gasteiger charge is 2.32. The van der Waals surface area contributed by atoms with Crippen molar-refractivity contribution in [3.63, 3.8) is 0 Å². The fourth-order valence-electron chi connectivity index (χ4n) is 3.27. The van der Waals surface area contributed by atoms with Crippen LogP contribution in [0.5, 0.6) is 0 Å². The summed E-state index contributed by atoms with van der Waals surface area (Å²) in [5.41, 5.74) is 1.96. The van der Waals surface area contributed by atoms with Crippen molar-refractivity contribution in [3.8, 4) is 0 Å². The third kappa shape index (κ3) is 3.48. The van der Waals surface area contributed by atoms with Gasteiger partial charge in [0.2, 0.25) is 0 Å². The summed E-state index contributed by atoms with van der Waals surface area (Å²) in [7, 11) is 0. The Labute approximate surface area is 154 Å². The fourth-order valence-corrected chi connectivity index (χ4v) is 5.75. The minimum Gasteiger partial charge on any atom is -0.307 e. The lowest BCUT2D eigenvalue weighted by atomic mass is 9.90. The summed E-state index contributed by atoms with van der Waals surface area (Å²) in [4.78, 5) is 28.5. The molecular formula is C20H17NO2S2. The molecule has 25 heavy (non-hydrogen) atoms. The molecule has 2 heterocycles. The number of rotatable bonds is 4. The Morgan fingerprint density at radius 1 is 1.04 bits per heavy atom. The number of hydrogen-bond acceptors (Lipinski definition) is 4. The highest BCUT2D eigenvalue weighted by atomic mass is 32.2. The maximum Gasteiger partial charge on any atom is 0.305 e. The number of carbonyl (C=O) groups is 1. The first-order valence-corrected chi connectivity index (χ1v) is 9.93. The number of thiazole rings is 1. The monoisotopic (exact) mass is 367 g/mol. The molecule has 0 radical (unpaired) electrons. The average Bonchev–Trinajstić information content (AvgIpc) is 3.02. The predicted molar refractivity (Wildman–Crippen MR) is 103 cm³/mol. The van der Waals surface area contributed by atoms with E-state index < -0.39 is 0 Å². The predicted octanol–water partition coefficient (Wildman–Crippen LogP) is 4.71. The van der Waals surface area contributed by atoms with E-state index in [-0.39, 0.29) is 21.8 Å². The SMILES string of the molecule is O=C(CC1C[C@@H](c2ccccc2)c2sc(=O)[nH]c2S1)c1ccccc1. The van der Waals surface area contributed by atoms with Crippen molar-refractivity contribution >= 4 is 28.9 Å². The van der Waals surface area contributed by atoms with Gasteiger partial charge in [0.05, 0.1) is 5.03 Å². The lowest BCUT2D eigenvalue weighted by Crippen LogP contribution is -2.19. The van der Waals surface area contributed by atoms with Crippen molar-refractivity contribution in [3.05, 3.63) is 86.3 Å². The van der Waals surface area contributed by atoms with Crippen LogP contribution in [0.15, 0.2) is 70.5 Å². The first-order chi connectivity index (χ1) is 12.2. The number of H-pyrrole nitrogens is 1. The number of nitrogens with one attached hydrogen (secondary N) is 1. The van der Waals surface area contributed by atoms with Crippen molar-refractivity contribution in [2.24, 2.45) is 0 Å². The van der Waals surface area contributed by atoms with Crippen LogP contribution in [0.4, 0.5) is 0 Å². The molecule has 0 bridgehead atoms. The van der Waals surface area contributed by atoms with Gasteiger partial charge in [0.25, 0.3) is 0 Å². The van der Waals surface area contributed by atoms with Crippen LogP contribution in [0.3, 0.4) is 0 Å². The maximum absolute atomic E-state index is 12.6. The van der Waals surface area contributed by atoms with Gasteiger partial charge in [-0.1, -0.05) is 72.0 Å². The Morgan fingerprint density at radius 3 is 2.44 bits per heavy atom. The smallest absolute Gasteiger partial charge is 0.305 e. The summed E-state index contributed by atoms with van der Waals surface area (Å²) in [6.45, 7) is 0. The van der Waals surface area contributed by atoms with Gasteiger partial charge in [0.15, 0.2) is 5.78 Å². The van der Waals surface area contributed by atoms with Gasteiger partial charge in [0.1, 0.15) is 0 Å². The second-order valence-electron chi connectivity index (χ2n) is 6.14. The molecule has 1 aliphatic heterocycles. The topological polar surface area (TPSA) is 49.9 Å². The number of hydrogen-bond donors (Lipinski definition) is 1. The second kappa shape index (κ2) is 7.02. The number of thioether (sulfide) groups is 1. The lowest BCUT2D eigenvalue weighted by Gasteiger charge is -2.28. The van der Waals surface area contributed by atoms with E-state index in [1.165, 1.54) is 16.9 Å². The van der Waals surface area contributed by atoms with E-state index in [9.17, 15) is 9.59 Å². The third-order valence-corrected chi connectivity index (χ3v) is 6.83. The highest BCUT2D eigenvalue weighted by Crippen LogP contribution is 2.46. The molecule has 3 nitrogen and oxygen atoms in total. The van der Waals surface area contributed by atoms with Crippen LogP contribution in [0, 0.1) is 0 Å². The minimum absolute atomic E-state index is 0.0199. The van der Waals surface area contributed by atoms with Crippen LogP contribution in [0.2, 0.25) is 0 Å². The molecule has 2 atom stereocenters. The zero-order valence-corrected chi connectivity index (χ0v) is 15.1. The van der Waals surface area contributed by atoms with Crippen LogP contribution < -0.4 is 4.87 Å². The average molecular weight is 367 g/mol. The molecule has 1 N–H and O–H groups in total. The van der Waals surface area contributed by atoms with Crippen LogP contribution >= 0.6 is 23.1 Å². The summed E-state index contributed by atoms with van der Waals surface area (Å²) >= 11 is 2.93. The third-order valence-electron chi connectivity index (χ3n) is 4.45. The number of ketones is 1. The zero-order valence-electron chi connectivity index (χ0n) is 13.5. The van der Waals surface area contributed by atoms with Gasteiger partial charge in [-0.15, -0.1) is 11.8 Å². The zero-order chi connectivity index (χ0) is 17.2. The van der Waals surface area contributed by atoms with Gasteiger partial charge in [-0.05, 0) is 12.0 Å². The molecular weight excluding hydrogens is 350 g/mol. The molecule has 0 saturated heterocycles. The minimum atomic E-state index is -0.0199. The second-order valence-corrected chi connectivity index (χ2v) is 8.47. The first kappa shape index (κ1) is 16.4. The fraction of sp³-hybridized carbons (Fsp3) is 0.200. The van der Waals surface area contributed by atoms with Crippen LogP contribution in [-0.2, 0) is 0 Å². The summed E-state index contributed by atoms with van der Waals surface area (Å²) in [6.07, 6.45) is 1.35. The van der Waals surface area contributed by atoms with Gasteiger partial charge in [-0.2, -0.15) is 0 Å². The number of aromatic nitrogens is 1. The van der Waals surface area contributed by atoms with E-state index in [1.54, 1.807) is 11.8 Å². The number of aromatic amines is 1. The summed E-state index contributed by atoms with van der Waals surface area (Å²) in [6, 6.07) is 19.7. The Bertz CT molecular complexity index is 931. The van der Waals surface area contributed by atoms with E-state index >= 15 is 0 Å². The molecule has 1 aliphatic rings. The van der Waals surface area contributed by atoms with Crippen molar-refractivity contribution in [1.82, 2.24) is 4.98 Å². The van der Waals surface area contributed by atoms with E-state index in [0.29, 0.717) is 6.42 Å².